The zero-order chi connectivity index (χ0) is 47.2. The Morgan fingerprint density at radius 2 is 1.50 bits per heavy atom. The smallest absolute Gasteiger partial charge is 0.431 e. The van der Waals surface area contributed by atoms with Crippen LogP contribution in [-0.2, 0) is 50.5 Å². The Morgan fingerprint density at radius 1 is 0.844 bits per heavy atom. The first kappa shape index (κ1) is 49.4. The molecule has 0 bridgehead atoms. The average molecular weight is 920 g/mol. The van der Waals surface area contributed by atoms with Gasteiger partial charge >= 0.3 is 35.9 Å². The molecule has 344 valence electrons. The van der Waals surface area contributed by atoms with Crippen LogP contribution < -0.4 is 45.0 Å². The third kappa shape index (κ3) is 13.2. The number of para-hydroxylation sites is 1. The molecule has 20 nitrogen and oxygen atoms in total. The lowest BCUT2D eigenvalue weighted by molar-refractivity contribution is -0.148. The van der Waals surface area contributed by atoms with Crippen LogP contribution in [0, 0.1) is 0 Å². The third-order valence-corrected chi connectivity index (χ3v) is 9.94. The summed E-state index contributed by atoms with van der Waals surface area (Å²) >= 11 is 0. The molecule has 0 aliphatic heterocycles. The van der Waals surface area contributed by atoms with Gasteiger partial charge in [-0.05, 0) is 61.4 Å². The number of urea groups is 1. The molecule has 0 aliphatic carbocycles. The van der Waals surface area contributed by atoms with Gasteiger partial charge in [-0.3, -0.25) is 14.7 Å². The third-order valence-electron chi connectivity index (χ3n) is 8.57. The Labute approximate surface area is 363 Å². The lowest BCUT2D eigenvalue weighted by Gasteiger charge is -2.17. The summed E-state index contributed by atoms with van der Waals surface area (Å²) in [7, 11) is 2.09. The Bertz CT molecular complexity index is 2620. The maximum atomic E-state index is 13.1. The zero-order valence-electron chi connectivity index (χ0n) is 35.4. The van der Waals surface area contributed by atoms with Crippen molar-refractivity contribution >= 4 is 28.0 Å². The number of amides is 2. The van der Waals surface area contributed by atoms with E-state index in [4.69, 9.17) is 33.2 Å². The molecule has 0 aliphatic rings. The van der Waals surface area contributed by atoms with E-state index in [1.807, 2.05) is 29.8 Å². The molecule has 5 rings (SSSR count). The fraction of sp³-hybridized carbons (Fsp3) is 0.325. The molecule has 0 spiro atoms. The number of ether oxygens (including phenoxy) is 7. The van der Waals surface area contributed by atoms with Gasteiger partial charge in [-0.25, -0.2) is 32.1 Å². The summed E-state index contributed by atoms with van der Waals surface area (Å²) in [5.41, 5.74) is -1.80. The van der Waals surface area contributed by atoms with E-state index >= 15 is 0 Å². The van der Waals surface area contributed by atoms with E-state index in [9.17, 15) is 40.8 Å². The molecule has 5 aromatic rings. The minimum absolute atomic E-state index is 0.0725. The van der Waals surface area contributed by atoms with E-state index in [2.05, 4.69) is 20.3 Å². The predicted molar refractivity (Wildman–Crippen MR) is 221 cm³/mol. The number of hydrogen-bond acceptors (Lipinski definition) is 16. The number of carbonyl (C=O) groups is 2. The number of aryl methyl sites for hydroxylation is 1. The molecule has 2 amide bonds. The van der Waals surface area contributed by atoms with Gasteiger partial charge in [0.25, 0.3) is 15.6 Å². The molecule has 3 aromatic carbocycles. The van der Waals surface area contributed by atoms with Gasteiger partial charge < -0.3 is 33.2 Å². The Hall–Kier alpha value is -7.21. The number of nitrogens with zero attached hydrogens (tertiary/aromatic N) is 5. The van der Waals surface area contributed by atoms with Crippen molar-refractivity contribution in [2.24, 2.45) is 7.05 Å². The van der Waals surface area contributed by atoms with E-state index in [-0.39, 0.29) is 54.1 Å². The summed E-state index contributed by atoms with van der Waals surface area (Å²) in [4.78, 5) is 59.7. The summed E-state index contributed by atoms with van der Waals surface area (Å²) in [5, 5.41) is 2.18. The monoisotopic (exact) mass is 919 g/mol. The Morgan fingerprint density at radius 3 is 2.09 bits per heavy atom. The molecule has 0 saturated heterocycles. The van der Waals surface area contributed by atoms with Crippen molar-refractivity contribution < 1.29 is 64.3 Å². The first-order valence-electron chi connectivity index (χ1n) is 18.7. The highest BCUT2D eigenvalue weighted by Crippen LogP contribution is 2.28. The van der Waals surface area contributed by atoms with Crippen molar-refractivity contribution in [2.75, 3.05) is 47.0 Å². The van der Waals surface area contributed by atoms with Crippen molar-refractivity contribution in [3.8, 4) is 35.0 Å². The summed E-state index contributed by atoms with van der Waals surface area (Å²) in [5.74, 6) is 0.124. The van der Waals surface area contributed by atoms with Crippen LogP contribution in [0.25, 0.3) is 5.69 Å². The maximum absolute atomic E-state index is 13.1. The minimum atomic E-state index is -4.84. The minimum Gasteiger partial charge on any atom is -0.490 e. The second-order valence-corrected chi connectivity index (χ2v) is 14.5. The van der Waals surface area contributed by atoms with Gasteiger partial charge in [0.1, 0.15) is 41.1 Å². The molecule has 0 saturated carbocycles. The summed E-state index contributed by atoms with van der Waals surface area (Å²) in [6, 6.07) is 16.2. The number of alkyl halides is 3. The topological polar surface area (TPSA) is 240 Å². The van der Waals surface area contributed by atoms with Crippen molar-refractivity contribution in [3.05, 3.63) is 110 Å². The molecule has 64 heavy (non-hydrogen) atoms. The number of sulfonamides is 1. The molecule has 1 atom stereocenters. The number of benzene rings is 3. The maximum Gasteiger partial charge on any atom is 0.431 e. The first-order valence-corrected chi connectivity index (χ1v) is 20.2. The van der Waals surface area contributed by atoms with Gasteiger partial charge in [0, 0.05) is 25.8 Å². The molecular weight excluding hydrogens is 876 g/mol. The van der Waals surface area contributed by atoms with Crippen molar-refractivity contribution in [1.82, 2.24) is 28.8 Å². The summed E-state index contributed by atoms with van der Waals surface area (Å²) < 4.78 is 103. The molecule has 24 heteroatoms. The highest BCUT2D eigenvalue weighted by molar-refractivity contribution is 7.90. The first-order chi connectivity index (χ1) is 30.3. The average Bonchev–Trinajstić information content (AvgIpc) is 3.26. The number of nitrogens with one attached hydrogen (secondary N) is 2. The van der Waals surface area contributed by atoms with Crippen molar-refractivity contribution in [1.29, 1.82) is 0 Å². The van der Waals surface area contributed by atoms with E-state index in [1.54, 1.807) is 13.0 Å². The van der Waals surface area contributed by atoms with Crippen LogP contribution in [0.3, 0.4) is 0 Å². The van der Waals surface area contributed by atoms with Gasteiger partial charge in [0.15, 0.2) is 6.10 Å². The second-order valence-electron chi connectivity index (χ2n) is 12.9. The van der Waals surface area contributed by atoms with Crippen LogP contribution >= 0.6 is 0 Å². The van der Waals surface area contributed by atoms with Crippen LogP contribution in [0.4, 0.5) is 23.9 Å². The second kappa shape index (κ2) is 22.2. The molecule has 2 N–H and O–H groups in total. The lowest BCUT2D eigenvalue weighted by atomic mass is 10.1. The van der Waals surface area contributed by atoms with E-state index < -0.39 is 51.2 Å². The van der Waals surface area contributed by atoms with Crippen LogP contribution in [0.1, 0.15) is 30.7 Å². The van der Waals surface area contributed by atoms with E-state index in [0.29, 0.717) is 32.3 Å². The molecule has 2 aromatic heterocycles. The van der Waals surface area contributed by atoms with Crippen molar-refractivity contribution in [2.45, 2.75) is 44.1 Å². The lowest BCUT2D eigenvalue weighted by Crippen LogP contribution is -2.40. The predicted octanol–water partition coefficient (Wildman–Crippen LogP) is 4.06. The van der Waals surface area contributed by atoms with Gasteiger partial charge in [0.2, 0.25) is 5.95 Å². The standard InChI is InChI=1S/C25H25F3N2O6.C15H19N5O7S/c1-5-16-6-7-17(20(12-16)36-15(2)23(32)34-4)14-35-19-10-8-18(9-11-19)30-22(31)13-21(25(26,27)28)29(3)24(30)33;1-24-8-9-27-10-6-4-5-7-11(10)28(22,23)20-13(21)16-12-17-14(25-2)19-15(18-12)26-3/h6-13,15H,5,14H2,1-4H3;4-7H,8-9H2,1-3H3,(H2,16,17,18,19,20,21). The fourth-order valence-electron chi connectivity index (χ4n) is 5.35. The molecule has 0 fully saturated rings. The quantitative estimate of drug-likeness (QED) is 0.0988. The fourth-order valence-corrected chi connectivity index (χ4v) is 6.40. The van der Waals surface area contributed by atoms with Crippen LogP contribution in [-0.4, -0.2) is 92.3 Å². The number of rotatable bonds is 17. The molecule has 2 heterocycles. The highest BCUT2D eigenvalue weighted by atomic mass is 32.2. The zero-order valence-corrected chi connectivity index (χ0v) is 36.2. The van der Waals surface area contributed by atoms with Gasteiger partial charge in [-0.1, -0.05) is 31.2 Å². The Balaban J connectivity index is 0.000000290. The summed E-state index contributed by atoms with van der Waals surface area (Å²) in [6.07, 6.45) is -4.91. The van der Waals surface area contributed by atoms with Crippen LogP contribution in [0.2, 0.25) is 0 Å². The van der Waals surface area contributed by atoms with Gasteiger partial charge in [0.05, 0.1) is 33.6 Å². The number of halogens is 3. The Kier molecular flexibility index (Phi) is 17.2. The van der Waals surface area contributed by atoms with Crippen LogP contribution in [0.15, 0.2) is 87.3 Å². The normalized spacial score (nSPS) is 11.6. The number of hydrogen-bond donors (Lipinski definition) is 2. The van der Waals surface area contributed by atoms with Gasteiger partial charge in [-0.2, -0.15) is 23.1 Å². The molecular formula is C40H44F3N7O13S. The van der Waals surface area contributed by atoms with Crippen molar-refractivity contribution in [3.63, 3.8) is 0 Å². The number of carbonyl (C=O) groups excluding carboxylic acids is 2. The molecule has 0 radical (unpaired) electrons. The SMILES string of the molecule is CCc1ccc(COc2ccc(-n3c(=O)cc(C(F)(F)F)n(C)c3=O)cc2)c(OC(C)C(=O)OC)c1.COCCOc1ccccc1S(=O)(=O)NC(=O)Nc1nc(OC)nc(OC)n1. The number of aromatic nitrogens is 5. The van der Waals surface area contributed by atoms with Crippen LogP contribution in [0.5, 0.6) is 29.3 Å². The summed E-state index contributed by atoms with van der Waals surface area (Å²) in [6.45, 7) is 4.04. The number of methoxy groups -OCH3 is 4. The molecule has 1 unspecified atom stereocenters. The largest absolute Gasteiger partial charge is 0.490 e. The van der Waals surface area contributed by atoms with E-state index in [1.165, 1.54) is 70.9 Å². The highest BCUT2D eigenvalue weighted by Gasteiger charge is 2.35. The van der Waals surface area contributed by atoms with Gasteiger partial charge in [-0.15, -0.1) is 4.98 Å². The number of esters is 1. The van der Waals surface area contributed by atoms with E-state index in [0.717, 1.165) is 19.0 Å². The number of anilines is 1.